The van der Waals surface area contributed by atoms with Gasteiger partial charge < -0.3 is 25.4 Å². The number of nitrogens with zero attached hydrogens (tertiary/aromatic N) is 1. The van der Waals surface area contributed by atoms with Crippen LogP contribution in [0.4, 0.5) is 13.2 Å². The average Bonchev–Trinajstić information content (AvgIpc) is 3.54. The number of nitrogens with one attached hydrogen (secondary N) is 2. The second-order valence-electron chi connectivity index (χ2n) is 20.0. The van der Waals surface area contributed by atoms with Gasteiger partial charge in [0.15, 0.2) is 9.84 Å². The summed E-state index contributed by atoms with van der Waals surface area (Å²) >= 11 is 0. The van der Waals surface area contributed by atoms with Gasteiger partial charge in [-0.2, -0.15) is 13.2 Å². The summed E-state index contributed by atoms with van der Waals surface area (Å²) in [5.41, 5.74) is 4.37. The summed E-state index contributed by atoms with van der Waals surface area (Å²) in [4.78, 5) is 23.4. The van der Waals surface area contributed by atoms with Crippen molar-refractivity contribution in [3.05, 3.63) is 41.5 Å². The van der Waals surface area contributed by atoms with Crippen LogP contribution >= 0.6 is 0 Å². The molecule has 3 N–H and O–H groups in total. The molecule has 1 heterocycles. The number of methoxy groups -OCH3 is 1. The highest BCUT2D eigenvalue weighted by Crippen LogP contribution is 2.76. The molecular formula is C45H68F3N3O6S. The monoisotopic (exact) mass is 835 g/mol. The molecule has 0 amide bonds. The van der Waals surface area contributed by atoms with Gasteiger partial charge in [-0.05, 0) is 146 Å². The minimum absolute atomic E-state index is 0.0435. The van der Waals surface area contributed by atoms with Crippen molar-refractivity contribution in [3.63, 3.8) is 0 Å². The van der Waals surface area contributed by atoms with E-state index in [1.54, 1.807) is 0 Å². The van der Waals surface area contributed by atoms with Crippen LogP contribution in [0.1, 0.15) is 115 Å². The lowest BCUT2D eigenvalue weighted by atomic mass is 9.33. The number of carbonyl (C=O) groups is 2. The van der Waals surface area contributed by atoms with Crippen molar-refractivity contribution in [1.29, 1.82) is 0 Å². The van der Waals surface area contributed by atoms with Crippen molar-refractivity contribution in [2.24, 2.45) is 51.2 Å². The molecule has 5 aliphatic carbocycles. The van der Waals surface area contributed by atoms with Crippen LogP contribution in [0.15, 0.2) is 30.3 Å². The zero-order chi connectivity index (χ0) is 42.7. The third kappa shape index (κ3) is 7.81. The van der Waals surface area contributed by atoms with Crippen LogP contribution < -0.4 is 10.6 Å². The highest BCUT2D eigenvalue weighted by atomic mass is 32.2. The first kappa shape index (κ1) is 45.1. The van der Waals surface area contributed by atoms with Gasteiger partial charge in [-0.15, -0.1) is 0 Å². The third-order valence-electron chi connectivity index (χ3n) is 17.4. The Bertz CT molecular complexity index is 1820. The molecule has 58 heavy (non-hydrogen) atoms. The Morgan fingerprint density at radius 1 is 0.931 bits per heavy atom. The minimum Gasteiger partial charge on any atom is -0.475 e. The van der Waals surface area contributed by atoms with Gasteiger partial charge in [0.25, 0.3) is 0 Å². The maximum Gasteiger partial charge on any atom is 0.490 e. The summed E-state index contributed by atoms with van der Waals surface area (Å²) in [7, 11) is 0.745. The van der Waals surface area contributed by atoms with Crippen LogP contribution in [0, 0.1) is 51.2 Å². The molecule has 9 nitrogen and oxygen atoms in total. The number of carboxylic acids is 1. The number of fused-ring (bicyclic) bond motifs is 7. The van der Waals surface area contributed by atoms with Gasteiger partial charge in [0.2, 0.25) is 0 Å². The van der Waals surface area contributed by atoms with E-state index in [1.807, 2.05) is 12.1 Å². The molecule has 1 unspecified atom stereocenters. The Balaban J connectivity index is 0.000000743. The summed E-state index contributed by atoms with van der Waals surface area (Å²) in [6, 6.07) is 8.61. The topological polar surface area (TPSA) is 125 Å². The number of hydrogen-bond donors (Lipinski definition) is 3. The first-order valence-corrected chi connectivity index (χ1v) is 23.4. The van der Waals surface area contributed by atoms with Crippen molar-refractivity contribution < 1.29 is 41.0 Å². The zero-order valence-corrected chi connectivity index (χ0v) is 36.8. The number of hydrogen-bond acceptors (Lipinski definition) is 8. The van der Waals surface area contributed by atoms with E-state index in [-0.39, 0.29) is 22.3 Å². The maximum atomic E-state index is 12.2. The Labute approximate surface area is 344 Å². The zero-order valence-electron chi connectivity index (χ0n) is 35.9. The molecule has 0 aromatic heterocycles. The number of esters is 1. The summed E-state index contributed by atoms with van der Waals surface area (Å²) in [6.07, 6.45) is 8.96. The van der Waals surface area contributed by atoms with E-state index in [2.05, 4.69) is 82.3 Å². The molecule has 0 bridgehead atoms. The fraction of sp³-hybridized carbons (Fsp3) is 0.778. The van der Waals surface area contributed by atoms with Crippen LogP contribution in [0.3, 0.4) is 0 Å². The summed E-state index contributed by atoms with van der Waals surface area (Å²) in [5, 5.41) is 15.1. The molecule has 6 aliphatic rings. The van der Waals surface area contributed by atoms with E-state index in [0.717, 1.165) is 19.5 Å². The fourth-order valence-electron chi connectivity index (χ4n) is 14.2. The van der Waals surface area contributed by atoms with E-state index in [0.29, 0.717) is 76.6 Å². The van der Waals surface area contributed by atoms with Gasteiger partial charge in [-0.25, -0.2) is 18.0 Å². The standard InChI is InChI=1S/C43H67N3O4S.C2HF3O2/c1-29(44-7)32-15-20-43(45-23-24-46-25-27-51(48,49)28-26-46)22-21-41(5)34(37(32)43)13-14-36-40(4)18-16-33(30-9-11-31(12-10-30)38(47)50-8)39(2,3)35(40)17-19-42(36,41)6;3-2(4,5)1(6)7/h9-12,16,29,32,34-37,44-45H,13-15,17-28H2,1-8H3;(H,6,7)/t29?,32-,34+,35-,36+,37+,40-,41+,42+,43-;/m0./s1. The number of benzene rings is 1. The lowest BCUT2D eigenvalue weighted by molar-refractivity contribution is -0.221. The van der Waals surface area contributed by atoms with Crippen LogP contribution in [0.2, 0.25) is 0 Å². The molecule has 13 heteroatoms. The van der Waals surface area contributed by atoms with E-state index < -0.39 is 22.0 Å². The molecule has 1 saturated heterocycles. The number of allylic oxidation sites excluding steroid dienone is 2. The van der Waals surface area contributed by atoms with E-state index in [9.17, 15) is 26.4 Å². The molecular weight excluding hydrogens is 768 g/mol. The van der Waals surface area contributed by atoms with Gasteiger partial charge in [0, 0.05) is 37.8 Å². The summed E-state index contributed by atoms with van der Waals surface area (Å²) in [6.45, 7) is 18.8. The van der Waals surface area contributed by atoms with Gasteiger partial charge in [0.05, 0.1) is 24.2 Å². The second kappa shape index (κ2) is 16.1. The Morgan fingerprint density at radius 3 is 2.16 bits per heavy atom. The Hall–Kier alpha value is -2.48. The number of halogens is 3. The highest BCUT2D eigenvalue weighted by Gasteiger charge is 2.70. The minimum atomic E-state index is -5.08. The summed E-state index contributed by atoms with van der Waals surface area (Å²) in [5.74, 6) is 0.921. The fourth-order valence-corrected chi connectivity index (χ4v) is 15.4. The predicted molar refractivity (Wildman–Crippen MR) is 221 cm³/mol. The third-order valence-corrected chi connectivity index (χ3v) is 19.0. The van der Waals surface area contributed by atoms with Crippen molar-refractivity contribution in [1.82, 2.24) is 15.5 Å². The first-order chi connectivity index (χ1) is 27.0. The number of aliphatic carboxylic acids is 1. The van der Waals surface area contributed by atoms with Crippen LogP contribution in [0.5, 0.6) is 0 Å². The van der Waals surface area contributed by atoms with E-state index in [4.69, 9.17) is 14.6 Å². The molecule has 1 aromatic carbocycles. The second-order valence-corrected chi connectivity index (χ2v) is 22.3. The largest absolute Gasteiger partial charge is 0.490 e. The Kier molecular flexibility index (Phi) is 12.5. The molecule has 10 atom stereocenters. The Morgan fingerprint density at radius 2 is 1.57 bits per heavy atom. The smallest absolute Gasteiger partial charge is 0.475 e. The quantitative estimate of drug-likeness (QED) is 0.225. The van der Waals surface area contributed by atoms with E-state index in [1.165, 1.54) is 69.6 Å². The van der Waals surface area contributed by atoms with Crippen molar-refractivity contribution in [2.45, 2.75) is 117 Å². The van der Waals surface area contributed by atoms with Crippen LogP contribution in [-0.4, -0.2) is 100.0 Å². The molecule has 1 aliphatic heterocycles. The molecule has 326 valence electrons. The lowest BCUT2D eigenvalue weighted by Gasteiger charge is -2.72. The highest BCUT2D eigenvalue weighted by molar-refractivity contribution is 7.91. The maximum absolute atomic E-state index is 12.2. The van der Waals surface area contributed by atoms with Gasteiger partial charge in [-0.1, -0.05) is 52.8 Å². The number of alkyl halides is 3. The first-order valence-electron chi connectivity index (χ1n) is 21.5. The lowest BCUT2D eigenvalue weighted by Crippen LogP contribution is -2.68. The molecule has 7 rings (SSSR count). The number of rotatable bonds is 8. The van der Waals surface area contributed by atoms with Gasteiger partial charge in [-0.3, -0.25) is 0 Å². The van der Waals surface area contributed by atoms with Crippen LogP contribution in [-0.2, 0) is 19.4 Å². The van der Waals surface area contributed by atoms with Crippen molar-refractivity contribution in [2.75, 3.05) is 51.8 Å². The van der Waals surface area contributed by atoms with E-state index >= 15 is 0 Å². The van der Waals surface area contributed by atoms with Gasteiger partial charge >= 0.3 is 18.1 Å². The SMILES string of the molecule is CNC(C)[C@@H]1CC[C@]2(NCCN3CCS(=O)(=O)CC3)CC[C@]3(C)[C@H](CC[C@@H]4[C@@]5(C)CC=C(c6ccc(C(=O)OC)cc6)C(C)(C)[C@@H]5CC[C@]43C)[C@@H]12.O=C(O)C(F)(F)F. The molecule has 0 spiro atoms. The number of carbonyl (C=O) groups excluding carboxylic acids is 1. The number of ether oxygens (including phenoxy) is 1. The van der Waals surface area contributed by atoms with Crippen LogP contribution in [0.25, 0.3) is 5.57 Å². The molecule has 1 aromatic rings. The number of sulfone groups is 1. The van der Waals surface area contributed by atoms with Gasteiger partial charge in [0.1, 0.15) is 0 Å². The molecule has 4 saturated carbocycles. The predicted octanol–water partition coefficient (Wildman–Crippen LogP) is 7.86. The van der Waals surface area contributed by atoms with Crippen molar-refractivity contribution >= 4 is 27.3 Å². The summed E-state index contributed by atoms with van der Waals surface area (Å²) < 4.78 is 60.8. The molecule has 0 radical (unpaired) electrons. The van der Waals surface area contributed by atoms with Crippen molar-refractivity contribution in [3.8, 4) is 0 Å². The average molecular weight is 836 g/mol. The number of carboxylic acid groups (broad SMARTS) is 1. The normalized spacial score (nSPS) is 38.3. The molecule has 5 fully saturated rings.